The molecule has 0 aliphatic rings. The third-order valence-corrected chi connectivity index (χ3v) is 4.46. The summed E-state index contributed by atoms with van der Waals surface area (Å²) in [5, 5.41) is 24.2. The minimum absolute atomic E-state index is 0. The Morgan fingerprint density at radius 3 is 2.48 bits per heavy atom. The average Bonchev–Trinajstić information content (AvgIpc) is 2.77. The summed E-state index contributed by atoms with van der Waals surface area (Å²) < 4.78 is 33.2. The number of nitrogens with zero attached hydrogens (tertiary/aromatic N) is 2. The predicted molar refractivity (Wildman–Crippen MR) is 121 cm³/mol. The van der Waals surface area contributed by atoms with Crippen LogP contribution in [-0.2, 0) is 0 Å². The molecule has 0 bridgehead atoms. The molecule has 0 spiro atoms. The van der Waals surface area contributed by atoms with Gasteiger partial charge in [-0.2, -0.15) is 5.26 Å². The number of rotatable bonds is 4. The van der Waals surface area contributed by atoms with Gasteiger partial charge in [0.1, 0.15) is 35.0 Å². The molecule has 4 aromatic rings. The molecule has 0 aliphatic carbocycles. The van der Waals surface area contributed by atoms with E-state index in [-0.39, 0.29) is 52.3 Å². The van der Waals surface area contributed by atoms with Crippen molar-refractivity contribution in [3.05, 3.63) is 84.1 Å². The summed E-state index contributed by atoms with van der Waals surface area (Å²) in [7, 11) is 0. The van der Waals surface area contributed by atoms with Crippen molar-refractivity contribution in [3.63, 3.8) is 0 Å². The number of benzene rings is 3. The number of ether oxygens (including phenoxy) is 1. The van der Waals surface area contributed by atoms with Crippen molar-refractivity contribution in [1.29, 1.82) is 5.26 Å². The minimum atomic E-state index is -0.745. The van der Waals surface area contributed by atoms with E-state index in [9.17, 15) is 18.7 Å². The van der Waals surface area contributed by atoms with E-state index >= 15 is 0 Å². The van der Waals surface area contributed by atoms with Crippen LogP contribution in [0.25, 0.3) is 10.9 Å². The number of aromatic nitrogens is 1. The van der Waals surface area contributed by atoms with Crippen LogP contribution in [0.15, 0.2) is 66.9 Å². The molecule has 10 heteroatoms. The van der Waals surface area contributed by atoms with Crippen molar-refractivity contribution in [2.45, 2.75) is 0 Å². The molecule has 1 aromatic heterocycles. The van der Waals surface area contributed by atoms with Crippen LogP contribution in [0.1, 0.15) is 5.56 Å². The van der Waals surface area contributed by atoms with Crippen molar-refractivity contribution in [2.24, 2.45) is 0 Å². The summed E-state index contributed by atoms with van der Waals surface area (Å²) in [5.74, 6) is -0.942. The van der Waals surface area contributed by atoms with Gasteiger partial charge in [-0.25, -0.2) is 13.6 Å². The molecule has 0 saturated heterocycles. The van der Waals surface area contributed by atoms with E-state index < -0.39 is 17.7 Å². The van der Waals surface area contributed by atoms with Gasteiger partial charge in [-0.3, -0.25) is 4.98 Å². The Labute approximate surface area is 208 Å². The van der Waals surface area contributed by atoms with E-state index in [0.29, 0.717) is 22.3 Å². The number of fused-ring (bicyclic) bond motifs is 1. The topological polar surface area (TPSA) is 107 Å². The summed E-state index contributed by atoms with van der Waals surface area (Å²) >= 11 is 0. The molecule has 0 aliphatic heterocycles. The second-order valence-corrected chi connectivity index (χ2v) is 6.64. The number of anilines is 2. The number of nitriles is 1. The monoisotopic (exact) mass is 456 g/mol. The summed E-state index contributed by atoms with van der Waals surface area (Å²) in [6.07, 6.45) is 1.45. The predicted octanol–water partition coefficient (Wildman–Crippen LogP) is 4.88. The van der Waals surface area contributed by atoms with Gasteiger partial charge in [-0.05, 0) is 48.5 Å². The van der Waals surface area contributed by atoms with Crippen molar-refractivity contribution in [1.82, 2.24) is 4.98 Å². The van der Waals surface area contributed by atoms with E-state index in [1.54, 1.807) is 6.07 Å². The molecular formula is C23H15F2N4NaO3. The summed E-state index contributed by atoms with van der Waals surface area (Å²) in [4.78, 5) is 16.2. The Hall–Kier alpha value is -3.71. The van der Waals surface area contributed by atoms with Gasteiger partial charge < -0.3 is 20.5 Å². The molecule has 33 heavy (non-hydrogen) atoms. The zero-order chi connectivity index (χ0) is 22.7. The van der Waals surface area contributed by atoms with Gasteiger partial charge in [0.25, 0.3) is 0 Å². The maximum absolute atomic E-state index is 14.5. The SMILES string of the molecule is N#Cc1cc2c(Oc3ccc(NC(=O)Nc4ccc(F)cc4)c(F)c3)ccnc2cc1O.[NaH]. The Bertz CT molecular complexity index is 1370. The van der Waals surface area contributed by atoms with Crippen LogP contribution in [0.2, 0.25) is 0 Å². The van der Waals surface area contributed by atoms with E-state index in [0.717, 1.165) is 6.07 Å². The van der Waals surface area contributed by atoms with Crippen molar-refractivity contribution in [3.8, 4) is 23.3 Å². The third-order valence-electron chi connectivity index (χ3n) is 4.46. The Kier molecular flexibility index (Phi) is 7.45. The van der Waals surface area contributed by atoms with Gasteiger partial charge in [0.2, 0.25) is 0 Å². The van der Waals surface area contributed by atoms with Gasteiger partial charge in [0.15, 0.2) is 0 Å². The molecule has 2 amide bonds. The van der Waals surface area contributed by atoms with Crippen molar-refractivity contribution < 1.29 is 23.4 Å². The summed E-state index contributed by atoms with van der Waals surface area (Å²) in [6.45, 7) is 0. The number of nitrogens with one attached hydrogen (secondary N) is 2. The average molecular weight is 456 g/mol. The van der Waals surface area contributed by atoms with Gasteiger partial charge in [0, 0.05) is 29.4 Å². The first-order valence-corrected chi connectivity index (χ1v) is 9.26. The number of phenolic OH excluding ortho intramolecular Hbond substituents is 1. The number of carbonyl (C=O) groups is 1. The molecule has 3 aromatic carbocycles. The zero-order valence-corrected chi connectivity index (χ0v) is 16.3. The quantitative estimate of drug-likeness (QED) is 0.380. The number of hydrogen-bond acceptors (Lipinski definition) is 5. The zero-order valence-electron chi connectivity index (χ0n) is 16.3. The van der Waals surface area contributed by atoms with E-state index in [4.69, 9.17) is 10.00 Å². The molecule has 0 unspecified atom stereocenters. The third kappa shape index (κ3) is 5.56. The molecule has 0 fully saturated rings. The van der Waals surface area contributed by atoms with Crippen LogP contribution in [0.3, 0.4) is 0 Å². The van der Waals surface area contributed by atoms with Crippen molar-refractivity contribution in [2.75, 3.05) is 10.6 Å². The number of hydrogen-bond donors (Lipinski definition) is 3. The van der Waals surface area contributed by atoms with Gasteiger partial charge >= 0.3 is 35.6 Å². The number of amides is 2. The van der Waals surface area contributed by atoms with Crippen LogP contribution in [-0.4, -0.2) is 45.7 Å². The fraction of sp³-hybridized carbons (Fsp3) is 0. The first kappa shape index (κ1) is 23.9. The van der Waals surface area contributed by atoms with Crippen LogP contribution in [0.4, 0.5) is 25.0 Å². The number of aromatic hydroxyl groups is 1. The summed E-state index contributed by atoms with van der Waals surface area (Å²) in [6, 6.07) is 14.5. The number of phenols is 1. The van der Waals surface area contributed by atoms with E-state index in [1.807, 2.05) is 6.07 Å². The van der Waals surface area contributed by atoms with Crippen LogP contribution in [0, 0.1) is 23.0 Å². The van der Waals surface area contributed by atoms with E-state index in [2.05, 4.69) is 15.6 Å². The summed E-state index contributed by atoms with van der Waals surface area (Å²) in [5.41, 5.74) is 0.702. The van der Waals surface area contributed by atoms with Gasteiger partial charge in [0.05, 0.1) is 16.8 Å². The normalized spacial score (nSPS) is 10.1. The molecule has 1 heterocycles. The number of carbonyl (C=O) groups excluding carboxylic acids is 1. The van der Waals surface area contributed by atoms with Crippen LogP contribution in [0.5, 0.6) is 17.2 Å². The van der Waals surface area contributed by atoms with Crippen LogP contribution >= 0.6 is 0 Å². The van der Waals surface area contributed by atoms with Gasteiger partial charge in [-0.15, -0.1) is 0 Å². The first-order valence-electron chi connectivity index (χ1n) is 9.26. The molecular weight excluding hydrogens is 441 g/mol. The molecule has 3 N–H and O–H groups in total. The standard InChI is InChI=1S/C23H14F2N4O3.Na.H/c24-14-1-3-15(4-2-14)28-23(31)29-19-6-5-16(10-18(19)25)32-22-7-8-27-20-11-21(30)13(12-26)9-17(20)22;;/h1-11,30H,(H2,28,29,31);;. The number of urea groups is 1. The Morgan fingerprint density at radius 1 is 1.03 bits per heavy atom. The molecule has 0 radical (unpaired) electrons. The Morgan fingerprint density at radius 2 is 1.79 bits per heavy atom. The second-order valence-electron chi connectivity index (χ2n) is 6.64. The molecule has 0 atom stereocenters. The van der Waals surface area contributed by atoms with Gasteiger partial charge in [-0.1, -0.05) is 0 Å². The van der Waals surface area contributed by atoms with E-state index in [1.165, 1.54) is 54.7 Å². The van der Waals surface area contributed by atoms with Crippen LogP contribution < -0.4 is 15.4 Å². The van der Waals surface area contributed by atoms with Crippen molar-refractivity contribution >= 4 is 57.9 Å². The maximum atomic E-state index is 14.5. The number of halogens is 2. The molecule has 7 nitrogen and oxygen atoms in total. The first-order chi connectivity index (χ1) is 15.4. The Balaban J connectivity index is 0.00000306. The fourth-order valence-electron chi connectivity index (χ4n) is 2.94. The second kappa shape index (κ2) is 10.3. The molecule has 0 saturated carbocycles. The number of pyridine rings is 1. The molecule has 4 rings (SSSR count). The fourth-order valence-corrected chi connectivity index (χ4v) is 2.94. The molecule has 160 valence electrons.